The summed E-state index contributed by atoms with van der Waals surface area (Å²) in [7, 11) is 1.63. The predicted octanol–water partition coefficient (Wildman–Crippen LogP) is 3.65. The first-order valence-electron chi connectivity index (χ1n) is 5.75. The normalized spacial score (nSPS) is 10.6. The van der Waals surface area contributed by atoms with Crippen LogP contribution in [0.25, 0.3) is 11.3 Å². The fourth-order valence-corrected chi connectivity index (χ4v) is 2.39. The number of anilines is 1. The topological polar surface area (TPSA) is 61.3 Å². The summed E-state index contributed by atoms with van der Waals surface area (Å²) in [6, 6.07) is 5.76. The lowest BCUT2D eigenvalue weighted by atomic mass is 10.0. The molecule has 0 aliphatic carbocycles. The minimum absolute atomic E-state index is 0.471. The van der Waals surface area contributed by atoms with E-state index in [1.54, 1.807) is 7.11 Å². The molecule has 0 aliphatic heterocycles. The van der Waals surface area contributed by atoms with Gasteiger partial charge in [0.05, 0.1) is 11.6 Å². The third-order valence-corrected chi connectivity index (χ3v) is 3.35. The van der Waals surface area contributed by atoms with Crippen molar-refractivity contribution in [1.82, 2.24) is 5.16 Å². The highest BCUT2D eigenvalue weighted by Gasteiger charge is 2.15. The summed E-state index contributed by atoms with van der Waals surface area (Å²) in [6.07, 6.45) is 1.85. The second-order valence-electron chi connectivity index (χ2n) is 3.97. The van der Waals surface area contributed by atoms with Gasteiger partial charge in [-0.05, 0) is 40.5 Å². The summed E-state index contributed by atoms with van der Waals surface area (Å²) in [5.74, 6) is 1.99. The SMILES string of the molecule is CCCc1c(N)noc1-c1ccc(OC)c(Br)c1. The van der Waals surface area contributed by atoms with Gasteiger partial charge in [0.25, 0.3) is 0 Å². The third kappa shape index (κ3) is 2.36. The van der Waals surface area contributed by atoms with Crippen LogP contribution in [0, 0.1) is 0 Å². The van der Waals surface area contributed by atoms with Gasteiger partial charge in [-0.3, -0.25) is 0 Å². The monoisotopic (exact) mass is 310 g/mol. The zero-order chi connectivity index (χ0) is 13.1. The van der Waals surface area contributed by atoms with Crippen LogP contribution in [0.4, 0.5) is 5.82 Å². The van der Waals surface area contributed by atoms with Crippen molar-refractivity contribution in [2.45, 2.75) is 19.8 Å². The number of benzene rings is 1. The van der Waals surface area contributed by atoms with Crippen LogP contribution in [-0.2, 0) is 6.42 Å². The molecule has 4 nitrogen and oxygen atoms in total. The maximum absolute atomic E-state index is 5.82. The Labute approximate surface area is 114 Å². The Morgan fingerprint density at radius 1 is 1.44 bits per heavy atom. The molecule has 0 aliphatic rings. The summed E-state index contributed by atoms with van der Waals surface area (Å²) in [5, 5.41) is 3.84. The quantitative estimate of drug-likeness (QED) is 0.936. The number of halogens is 1. The Kier molecular flexibility index (Phi) is 3.91. The number of rotatable bonds is 4. The lowest BCUT2D eigenvalue weighted by Crippen LogP contribution is -1.93. The van der Waals surface area contributed by atoms with E-state index in [2.05, 4.69) is 28.0 Å². The highest BCUT2D eigenvalue weighted by Crippen LogP contribution is 2.34. The highest BCUT2D eigenvalue weighted by atomic mass is 79.9. The zero-order valence-corrected chi connectivity index (χ0v) is 12.0. The molecular formula is C13H15BrN2O2. The van der Waals surface area contributed by atoms with Crippen LogP contribution in [0.2, 0.25) is 0 Å². The minimum atomic E-state index is 0.471. The zero-order valence-electron chi connectivity index (χ0n) is 10.4. The minimum Gasteiger partial charge on any atom is -0.496 e. The van der Waals surface area contributed by atoms with Gasteiger partial charge in [0.2, 0.25) is 0 Å². The molecule has 0 atom stereocenters. The molecule has 0 amide bonds. The molecule has 0 radical (unpaired) electrons. The first-order valence-corrected chi connectivity index (χ1v) is 6.54. The summed E-state index contributed by atoms with van der Waals surface area (Å²) >= 11 is 3.46. The number of ether oxygens (including phenoxy) is 1. The van der Waals surface area contributed by atoms with Gasteiger partial charge in [0.1, 0.15) is 5.75 Å². The Morgan fingerprint density at radius 3 is 2.83 bits per heavy atom. The van der Waals surface area contributed by atoms with E-state index in [-0.39, 0.29) is 0 Å². The highest BCUT2D eigenvalue weighted by molar-refractivity contribution is 9.10. The molecule has 96 valence electrons. The number of hydrogen-bond acceptors (Lipinski definition) is 4. The van der Waals surface area contributed by atoms with Crippen molar-refractivity contribution in [2.75, 3.05) is 12.8 Å². The second-order valence-corrected chi connectivity index (χ2v) is 4.83. The van der Waals surface area contributed by atoms with Crippen molar-refractivity contribution in [3.05, 3.63) is 28.2 Å². The summed E-state index contributed by atoms with van der Waals surface area (Å²) in [6.45, 7) is 2.10. The lowest BCUT2D eigenvalue weighted by molar-refractivity contribution is 0.412. The van der Waals surface area contributed by atoms with E-state index < -0.39 is 0 Å². The van der Waals surface area contributed by atoms with E-state index in [0.717, 1.165) is 40.0 Å². The van der Waals surface area contributed by atoms with Gasteiger partial charge in [-0.2, -0.15) is 0 Å². The van der Waals surface area contributed by atoms with E-state index in [0.29, 0.717) is 5.82 Å². The van der Waals surface area contributed by atoms with Crippen molar-refractivity contribution in [3.63, 3.8) is 0 Å². The second kappa shape index (κ2) is 5.44. The molecule has 0 saturated carbocycles. The molecule has 5 heteroatoms. The molecule has 0 saturated heterocycles. The Hall–Kier alpha value is -1.49. The standard InChI is InChI=1S/C13H15BrN2O2/c1-3-4-9-12(18-16-13(9)15)8-5-6-11(17-2)10(14)7-8/h5-7H,3-4H2,1-2H3,(H2,15,16). The molecular weight excluding hydrogens is 296 g/mol. The molecule has 2 N–H and O–H groups in total. The van der Waals surface area contributed by atoms with Crippen molar-refractivity contribution < 1.29 is 9.26 Å². The van der Waals surface area contributed by atoms with Crippen LogP contribution in [0.15, 0.2) is 27.2 Å². The number of nitrogens with two attached hydrogens (primary N) is 1. The average Bonchev–Trinajstić information content (AvgIpc) is 2.72. The maximum Gasteiger partial charge on any atom is 0.172 e. The molecule has 2 aromatic rings. The molecule has 0 bridgehead atoms. The van der Waals surface area contributed by atoms with E-state index in [1.165, 1.54) is 0 Å². The summed E-state index contributed by atoms with van der Waals surface area (Å²) < 4.78 is 11.4. The van der Waals surface area contributed by atoms with Gasteiger partial charge in [-0.25, -0.2) is 0 Å². The molecule has 0 fully saturated rings. The van der Waals surface area contributed by atoms with Crippen LogP contribution in [0.1, 0.15) is 18.9 Å². The number of methoxy groups -OCH3 is 1. The van der Waals surface area contributed by atoms with E-state index >= 15 is 0 Å². The fourth-order valence-electron chi connectivity index (χ4n) is 1.85. The Balaban J connectivity index is 2.45. The summed E-state index contributed by atoms with van der Waals surface area (Å²) in [5.41, 5.74) is 7.72. The Bertz CT molecular complexity index is 552. The van der Waals surface area contributed by atoms with Gasteiger partial charge in [-0.15, -0.1) is 0 Å². The molecule has 0 unspecified atom stereocenters. The average molecular weight is 311 g/mol. The maximum atomic E-state index is 5.82. The van der Waals surface area contributed by atoms with E-state index in [1.807, 2.05) is 18.2 Å². The van der Waals surface area contributed by atoms with Crippen molar-refractivity contribution in [2.24, 2.45) is 0 Å². The summed E-state index contributed by atoms with van der Waals surface area (Å²) in [4.78, 5) is 0. The molecule has 0 spiro atoms. The lowest BCUT2D eigenvalue weighted by Gasteiger charge is -2.05. The van der Waals surface area contributed by atoms with Crippen molar-refractivity contribution >= 4 is 21.7 Å². The number of hydrogen-bond donors (Lipinski definition) is 1. The van der Waals surface area contributed by atoms with Crippen LogP contribution in [0.5, 0.6) is 5.75 Å². The smallest absolute Gasteiger partial charge is 0.172 e. The van der Waals surface area contributed by atoms with Gasteiger partial charge in [-0.1, -0.05) is 18.5 Å². The van der Waals surface area contributed by atoms with Gasteiger partial charge < -0.3 is 15.0 Å². The predicted molar refractivity (Wildman–Crippen MR) is 74.6 cm³/mol. The van der Waals surface area contributed by atoms with Crippen LogP contribution >= 0.6 is 15.9 Å². The Morgan fingerprint density at radius 2 is 2.22 bits per heavy atom. The third-order valence-electron chi connectivity index (χ3n) is 2.73. The van der Waals surface area contributed by atoms with Crippen LogP contribution in [-0.4, -0.2) is 12.3 Å². The van der Waals surface area contributed by atoms with Crippen molar-refractivity contribution in [1.29, 1.82) is 0 Å². The van der Waals surface area contributed by atoms with Gasteiger partial charge >= 0.3 is 0 Å². The van der Waals surface area contributed by atoms with Gasteiger partial charge in [0, 0.05) is 11.1 Å². The number of nitrogens with zero attached hydrogens (tertiary/aromatic N) is 1. The van der Waals surface area contributed by atoms with E-state index in [9.17, 15) is 0 Å². The molecule has 1 aromatic heterocycles. The molecule has 1 heterocycles. The first kappa shape index (κ1) is 13.0. The number of aromatic nitrogens is 1. The molecule has 18 heavy (non-hydrogen) atoms. The molecule has 2 rings (SSSR count). The van der Waals surface area contributed by atoms with E-state index in [4.69, 9.17) is 15.0 Å². The first-order chi connectivity index (χ1) is 8.67. The van der Waals surface area contributed by atoms with Crippen LogP contribution in [0.3, 0.4) is 0 Å². The molecule has 1 aromatic carbocycles. The van der Waals surface area contributed by atoms with Crippen molar-refractivity contribution in [3.8, 4) is 17.1 Å². The van der Waals surface area contributed by atoms with Gasteiger partial charge in [0.15, 0.2) is 11.6 Å². The largest absolute Gasteiger partial charge is 0.496 e. The fraction of sp³-hybridized carbons (Fsp3) is 0.308. The number of nitrogen functional groups attached to an aromatic ring is 1. The van der Waals surface area contributed by atoms with Crippen LogP contribution < -0.4 is 10.5 Å².